The van der Waals surface area contributed by atoms with Gasteiger partial charge in [-0.3, -0.25) is 4.90 Å². The number of hydrogen-bond donors (Lipinski definition) is 2. The summed E-state index contributed by atoms with van der Waals surface area (Å²) in [6.45, 7) is 11.9. The predicted octanol–water partition coefficient (Wildman–Crippen LogP) is 0.0487. The molecule has 94 valence electrons. The summed E-state index contributed by atoms with van der Waals surface area (Å²) in [6, 6.07) is 0.649. The number of morpholine rings is 1. The van der Waals surface area contributed by atoms with Gasteiger partial charge in [0.1, 0.15) is 0 Å². The van der Waals surface area contributed by atoms with Crippen molar-refractivity contribution in [1.82, 2.24) is 15.5 Å². The van der Waals surface area contributed by atoms with Gasteiger partial charge in [0.05, 0.1) is 13.2 Å². The van der Waals surface area contributed by atoms with Crippen LogP contribution in [0.5, 0.6) is 0 Å². The normalized spacial score (nSPS) is 30.8. The van der Waals surface area contributed by atoms with Crippen LogP contribution < -0.4 is 10.6 Å². The molecule has 2 heterocycles. The second-order valence-electron chi connectivity index (χ2n) is 5.57. The van der Waals surface area contributed by atoms with E-state index < -0.39 is 0 Å². The molecule has 1 unspecified atom stereocenters. The van der Waals surface area contributed by atoms with Gasteiger partial charge in [0, 0.05) is 44.3 Å². The molecule has 2 fully saturated rings. The molecule has 0 aromatic carbocycles. The number of nitrogens with zero attached hydrogens (tertiary/aromatic N) is 1. The fraction of sp³-hybridized carbons (Fsp3) is 1.00. The Balaban J connectivity index is 1.58. The van der Waals surface area contributed by atoms with Crippen molar-refractivity contribution in [1.29, 1.82) is 0 Å². The minimum absolute atomic E-state index is 0.316. The second kappa shape index (κ2) is 5.45. The minimum Gasteiger partial charge on any atom is -0.379 e. The van der Waals surface area contributed by atoms with Gasteiger partial charge >= 0.3 is 0 Å². The van der Waals surface area contributed by atoms with E-state index >= 15 is 0 Å². The van der Waals surface area contributed by atoms with Crippen LogP contribution in [0.2, 0.25) is 0 Å². The Morgan fingerprint density at radius 2 is 2.12 bits per heavy atom. The van der Waals surface area contributed by atoms with Crippen molar-refractivity contribution in [3.05, 3.63) is 0 Å². The highest BCUT2D eigenvalue weighted by Crippen LogP contribution is 2.17. The highest BCUT2D eigenvalue weighted by Gasteiger charge is 2.29. The third-order valence-electron chi connectivity index (χ3n) is 3.55. The second-order valence-corrected chi connectivity index (χ2v) is 5.57. The molecule has 0 spiro atoms. The summed E-state index contributed by atoms with van der Waals surface area (Å²) < 4.78 is 5.33. The van der Waals surface area contributed by atoms with Crippen molar-refractivity contribution in [3.8, 4) is 0 Å². The van der Waals surface area contributed by atoms with Crippen LogP contribution in [0.25, 0.3) is 0 Å². The number of hydrogen-bond acceptors (Lipinski definition) is 4. The molecule has 16 heavy (non-hydrogen) atoms. The highest BCUT2D eigenvalue weighted by atomic mass is 16.5. The van der Waals surface area contributed by atoms with Gasteiger partial charge in [0.2, 0.25) is 0 Å². The van der Waals surface area contributed by atoms with Gasteiger partial charge in [-0.05, 0) is 20.3 Å². The molecule has 0 radical (unpaired) electrons. The van der Waals surface area contributed by atoms with Gasteiger partial charge in [-0.25, -0.2) is 0 Å². The van der Waals surface area contributed by atoms with Crippen LogP contribution in [0, 0.1) is 0 Å². The molecule has 0 bridgehead atoms. The molecule has 2 N–H and O–H groups in total. The first-order valence-corrected chi connectivity index (χ1v) is 6.44. The molecule has 1 atom stereocenters. The Kier molecular flexibility index (Phi) is 4.19. The average Bonchev–Trinajstić information content (AvgIpc) is 2.60. The zero-order valence-electron chi connectivity index (χ0n) is 10.6. The van der Waals surface area contributed by atoms with Gasteiger partial charge in [-0.1, -0.05) is 0 Å². The quantitative estimate of drug-likeness (QED) is 0.711. The summed E-state index contributed by atoms with van der Waals surface area (Å²) in [4.78, 5) is 2.48. The Bertz CT molecular complexity index is 214. The maximum absolute atomic E-state index is 5.33. The van der Waals surface area contributed by atoms with Gasteiger partial charge < -0.3 is 15.4 Å². The van der Waals surface area contributed by atoms with Crippen molar-refractivity contribution in [2.45, 2.75) is 31.8 Å². The van der Waals surface area contributed by atoms with Gasteiger partial charge in [-0.2, -0.15) is 0 Å². The van der Waals surface area contributed by atoms with Gasteiger partial charge in [-0.15, -0.1) is 0 Å². The fourth-order valence-electron chi connectivity index (χ4n) is 2.56. The standard InChI is InChI=1S/C12H25N3O/c1-12(2)9-11(10-14-12)13-3-4-15-5-7-16-8-6-15/h11,13-14H,3-10H2,1-2H3. The first-order valence-electron chi connectivity index (χ1n) is 6.44. The maximum Gasteiger partial charge on any atom is 0.0594 e. The highest BCUT2D eigenvalue weighted by molar-refractivity contribution is 4.93. The van der Waals surface area contributed by atoms with E-state index in [0.29, 0.717) is 11.6 Å². The summed E-state index contributed by atoms with van der Waals surface area (Å²) >= 11 is 0. The zero-order valence-corrected chi connectivity index (χ0v) is 10.6. The molecule has 4 heteroatoms. The molecule has 0 saturated carbocycles. The molecule has 0 amide bonds. The smallest absolute Gasteiger partial charge is 0.0594 e. The summed E-state index contributed by atoms with van der Waals surface area (Å²) in [5, 5.41) is 7.18. The number of rotatable bonds is 4. The van der Waals surface area contributed by atoms with E-state index in [2.05, 4.69) is 29.4 Å². The molecular weight excluding hydrogens is 202 g/mol. The van der Waals surface area contributed by atoms with E-state index in [0.717, 1.165) is 45.9 Å². The van der Waals surface area contributed by atoms with Crippen molar-refractivity contribution in [2.75, 3.05) is 45.9 Å². The van der Waals surface area contributed by atoms with E-state index in [-0.39, 0.29) is 0 Å². The van der Waals surface area contributed by atoms with Crippen LogP contribution in [-0.2, 0) is 4.74 Å². The molecule has 0 aromatic heterocycles. The molecule has 0 aromatic rings. The van der Waals surface area contributed by atoms with E-state index in [1.807, 2.05) is 0 Å². The van der Waals surface area contributed by atoms with E-state index in [1.165, 1.54) is 6.42 Å². The lowest BCUT2D eigenvalue weighted by Crippen LogP contribution is -2.42. The molecule has 2 aliphatic rings. The van der Waals surface area contributed by atoms with Crippen molar-refractivity contribution < 1.29 is 4.74 Å². The third-order valence-corrected chi connectivity index (χ3v) is 3.55. The average molecular weight is 227 g/mol. The molecule has 2 rings (SSSR count). The van der Waals surface area contributed by atoms with Crippen molar-refractivity contribution in [2.24, 2.45) is 0 Å². The predicted molar refractivity (Wildman–Crippen MR) is 65.7 cm³/mol. The first-order chi connectivity index (χ1) is 7.66. The summed E-state index contributed by atoms with van der Waals surface area (Å²) in [5.74, 6) is 0. The van der Waals surface area contributed by atoms with Crippen LogP contribution in [0.3, 0.4) is 0 Å². The van der Waals surface area contributed by atoms with Crippen LogP contribution in [0.15, 0.2) is 0 Å². The van der Waals surface area contributed by atoms with Crippen LogP contribution in [0.1, 0.15) is 20.3 Å². The van der Waals surface area contributed by atoms with Gasteiger partial charge in [0.25, 0.3) is 0 Å². The third kappa shape index (κ3) is 3.70. The zero-order chi connectivity index (χ0) is 11.4. The summed E-state index contributed by atoms with van der Waals surface area (Å²) in [6.07, 6.45) is 1.23. The van der Waals surface area contributed by atoms with Gasteiger partial charge in [0.15, 0.2) is 0 Å². The minimum atomic E-state index is 0.316. The Morgan fingerprint density at radius 3 is 2.75 bits per heavy atom. The first kappa shape index (κ1) is 12.3. The SMILES string of the molecule is CC1(C)CC(NCCN2CCOCC2)CN1. The Morgan fingerprint density at radius 1 is 1.38 bits per heavy atom. The Hall–Kier alpha value is -0.160. The fourth-order valence-corrected chi connectivity index (χ4v) is 2.56. The number of nitrogens with one attached hydrogen (secondary N) is 2. The van der Waals surface area contributed by atoms with E-state index in [4.69, 9.17) is 4.74 Å². The lowest BCUT2D eigenvalue weighted by Gasteiger charge is -2.27. The molecule has 2 aliphatic heterocycles. The molecule has 2 saturated heterocycles. The summed E-state index contributed by atoms with van der Waals surface area (Å²) in [5.41, 5.74) is 0.316. The van der Waals surface area contributed by atoms with Crippen LogP contribution in [0.4, 0.5) is 0 Å². The van der Waals surface area contributed by atoms with E-state index in [1.54, 1.807) is 0 Å². The molecule has 0 aliphatic carbocycles. The van der Waals surface area contributed by atoms with Crippen LogP contribution in [-0.4, -0.2) is 62.4 Å². The van der Waals surface area contributed by atoms with Crippen molar-refractivity contribution >= 4 is 0 Å². The molecule has 4 nitrogen and oxygen atoms in total. The lowest BCUT2D eigenvalue weighted by molar-refractivity contribution is 0.0382. The van der Waals surface area contributed by atoms with Crippen LogP contribution >= 0.6 is 0 Å². The Labute approximate surface area is 98.7 Å². The topological polar surface area (TPSA) is 36.5 Å². The maximum atomic E-state index is 5.33. The van der Waals surface area contributed by atoms with E-state index in [9.17, 15) is 0 Å². The largest absolute Gasteiger partial charge is 0.379 e. The lowest BCUT2D eigenvalue weighted by atomic mass is 10.0. The molecular formula is C12H25N3O. The number of ether oxygens (including phenoxy) is 1. The monoisotopic (exact) mass is 227 g/mol. The van der Waals surface area contributed by atoms with Crippen molar-refractivity contribution in [3.63, 3.8) is 0 Å². The summed E-state index contributed by atoms with van der Waals surface area (Å²) in [7, 11) is 0.